The summed E-state index contributed by atoms with van der Waals surface area (Å²) in [7, 11) is 0. The average molecular weight is 363 g/mol. The summed E-state index contributed by atoms with van der Waals surface area (Å²) in [6, 6.07) is 7.00. The quantitative estimate of drug-likeness (QED) is 0.754. The summed E-state index contributed by atoms with van der Waals surface area (Å²) < 4.78 is 11.6. The molecule has 1 aliphatic rings. The molecule has 114 valence electrons. The van der Waals surface area contributed by atoms with Crippen LogP contribution in [0, 0.1) is 6.92 Å². The standard InChI is InChI=1S/C17H15BrO4/c1-9-7-13(14-10(2)8-21-17(20)15(9)14)22-16(19)11-3-5-12(18)6-4-11/h3-6,8-9,13H,7H2,1-2H3/t9-,13+/m0/s1. The predicted molar refractivity (Wildman–Crippen MR) is 85.0 cm³/mol. The van der Waals surface area contributed by atoms with E-state index in [1.807, 2.05) is 13.8 Å². The molecule has 3 rings (SSSR count). The summed E-state index contributed by atoms with van der Waals surface area (Å²) in [5, 5.41) is 0. The Hall–Kier alpha value is -1.88. The number of carbonyl (C=O) groups is 1. The van der Waals surface area contributed by atoms with Crippen LogP contribution in [0.3, 0.4) is 0 Å². The average Bonchev–Trinajstić information content (AvgIpc) is 2.81. The molecule has 0 saturated carbocycles. The topological polar surface area (TPSA) is 56.5 Å². The van der Waals surface area contributed by atoms with E-state index in [0.29, 0.717) is 17.5 Å². The summed E-state index contributed by atoms with van der Waals surface area (Å²) in [5.74, 6) is -0.362. The normalized spacial score (nSPS) is 19.8. The van der Waals surface area contributed by atoms with Crippen molar-refractivity contribution in [1.29, 1.82) is 0 Å². The van der Waals surface area contributed by atoms with Crippen LogP contribution < -0.4 is 5.63 Å². The van der Waals surface area contributed by atoms with Gasteiger partial charge in [-0.05, 0) is 49.1 Å². The molecule has 0 N–H and O–H groups in total. The highest BCUT2D eigenvalue weighted by Gasteiger charge is 2.35. The zero-order valence-corrected chi connectivity index (χ0v) is 13.8. The Labute approximate surface area is 136 Å². The van der Waals surface area contributed by atoms with Crippen LogP contribution in [0.15, 0.2) is 44.2 Å². The second-order valence-corrected chi connectivity index (χ2v) is 6.49. The van der Waals surface area contributed by atoms with Crippen molar-refractivity contribution >= 4 is 21.9 Å². The van der Waals surface area contributed by atoms with Gasteiger partial charge in [0, 0.05) is 15.6 Å². The number of esters is 1. The van der Waals surface area contributed by atoms with Crippen molar-refractivity contribution < 1.29 is 13.9 Å². The highest BCUT2D eigenvalue weighted by atomic mass is 79.9. The van der Waals surface area contributed by atoms with Crippen molar-refractivity contribution in [2.45, 2.75) is 32.3 Å². The zero-order chi connectivity index (χ0) is 15.9. The van der Waals surface area contributed by atoms with E-state index in [1.165, 1.54) is 6.26 Å². The maximum absolute atomic E-state index is 12.3. The van der Waals surface area contributed by atoms with Gasteiger partial charge in [0.25, 0.3) is 0 Å². The molecule has 0 saturated heterocycles. The fraction of sp³-hybridized carbons (Fsp3) is 0.294. The number of fused-ring (bicyclic) bond motifs is 1. The fourth-order valence-corrected chi connectivity index (χ4v) is 3.20. The number of carbonyl (C=O) groups excluding carboxylic acids is 1. The van der Waals surface area contributed by atoms with Crippen molar-refractivity contribution in [2.75, 3.05) is 0 Å². The maximum atomic E-state index is 12.3. The highest BCUT2D eigenvalue weighted by Crippen LogP contribution is 2.42. The Bertz CT molecular complexity index is 776. The largest absolute Gasteiger partial charge is 0.454 e. The number of hydrogen-bond acceptors (Lipinski definition) is 4. The van der Waals surface area contributed by atoms with Crippen LogP contribution in [0.2, 0.25) is 0 Å². The molecule has 0 unspecified atom stereocenters. The number of ether oxygens (including phenoxy) is 1. The minimum absolute atomic E-state index is 0.0221. The van der Waals surface area contributed by atoms with Crippen LogP contribution in [-0.4, -0.2) is 5.97 Å². The van der Waals surface area contributed by atoms with E-state index in [1.54, 1.807) is 24.3 Å². The molecule has 0 aliphatic heterocycles. The van der Waals surface area contributed by atoms with Crippen LogP contribution in [0.4, 0.5) is 0 Å². The van der Waals surface area contributed by atoms with E-state index in [0.717, 1.165) is 15.6 Å². The van der Waals surface area contributed by atoms with E-state index >= 15 is 0 Å². The molecule has 1 aliphatic carbocycles. The Balaban J connectivity index is 1.90. The highest BCUT2D eigenvalue weighted by molar-refractivity contribution is 9.10. The van der Waals surface area contributed by atoms with Gasteiger partial charge in [0.2, 0.25) is 0 Å². The van der Waals surface area contributed by atoms with Crippen molar-refractivity contribution in [2.24, 2.45) is 0 Å². The van der Waals surface area contributed by atoms with Gasteiger partial charge < -0.3 is 9.15 Å². The lowest BCUT2D eigenvalue weighted by Crippen LogP contribution is -2.13. The van der Waals surface area contributed by atoms with Crippen molar-refractivity contribution in [3.05, 3.63) is 67.7 Å². The summed E-state index contributed by atoms with van der Waals surface area (Å²) >= 11 is 3.33. The van der Waals surface area contributed by atoms with Gasteiger partial charge in [-0.15, -0.1) is 0 Å². The third-order valence-corrected chi connectivity index (χ3v) is 4.52. The van der Waals surface area contributed by atoms with Gasteiger partial charge in [-0.3, -0.25) is 0 Å². The first-order chi connectivity index (χ1) is 10.5. The van der Waals surface area contributed by atoms with Crippen molar-refractivity contribution in [1.82, 2.24) is 0 Å². The summed E-state index contributed by atoms with van der Waals surface area (Å²) in [4.78, 5) is 24.2. The first-order valence-corrected chi connectivity index (χ1v) is 7.85. The molecule has 4 nitrogen and oxygen atoms in total. The molecular formula is C17H15BrO4. The Kier molecular flexibility index (Phi) is 3.91. The monoisotopic (exact) mass is 362 g/mol. The van der Waals surface area contributed by atoms with Gasteiger partial charge in [-0.1, -0.05) is 22.9 Å². The lowest BCUT2D eigenvalue weighted by atomic mass is 10.0. The van der Waals surface area contributed by atoms with Gasteiger partial charge >= 0.3 is 11.6 Å². The molecule has 1 heterocycles. The lowest BCUT2D eigenvalue weighted by Gasteiger charge is -2.15. The molecular weight excluding hydrogens is 348 g/mol. The number of rotatable bonds is 2. The van der Waals surface area contributed by atoms with Crippen LogP contribution in [0.5, 0.6) is 0 Å². The van der Waals surface area contributed by atoms with E-state index < -0.39 is 6.10 Å². The van der Waals surface area contributed by atoms with E-state index in [4.69, 9.17) is 9.15 Å². The van der Waals surface area contributed by atoms with Crippen molar-refractivity contribution in [3.63, 3.8) is 0 Å². The number of benzene rings is 1. The SMILES string of the molecule is Cc1coc(=O)c2c1[C@H](OC(=O)c1ccc(Br)cc1)C[C@@H]2C. The molecule has 0 spiro atoms. The van der Waals surface area contributed by atoms with Crippen molar-refractivity contribution in [3.8, 4) is 0 Å². The summed E-state index contributed by atoms with van der Waals surface area (Å²) in [6.07, 6.45) is 1.64. The summed E-state index contributed by atoms with van der Waals surface area (Å²) in [6.45, 7) is 3.81. The first-order valence-electron chi connectivity index (χ1n) is 7.06. The second kappa shape index (κ2) is 5.72. The molecule has 22 heavy (non-hydrogen) atoms. The smallest absolute Gasteiger partial charge is 0.339 e. The van der Waals surface area contributed by atoms with Crippen LogP contribution >= 0.6 is 15.9 Å². The zero-order valence-electron chi connectivity index (χ0n) is 12.3. The number of aryl methyl sites for hydroxylation is 1. The van der Waals surface area contributed by atoms with E-state index in [-0.39, 0.29) is 17.5 Å². The molecule has 2 atom stereocenters. The Morgan fingerprint density at radius 2 is 1.95 bits per heavy atom. The minimum Gasteiger partial charge on any atom is -0.454 e. The number of hydrogen-bond donors (Lipinski definition) is 0. The molecule has 0 amide bonds. The molecule has 1 aromatic carbocycles. The minimum atomic E-state index is -0.398. The predicted octanol–water partition coefficient (Wildman–Crippen LogP) is 4.12. The van der Waals surface area contributed by atoms with E-state index in [9.17, 15) is 9.59 Å². The number of halogens is 1. The van der Waals surface area contributed by atoms with Gasteiger partial charge in [-0.25, -0.2) is 9.59 Å². The summed E-state index contributed by atoms with van der Waals surface area (Å²) in [5.41, 5.74) is 2.43. The van der Waals surface area contributed by atoms with Gasteiger partial charge in [0.1, 0.15) is 6.10 Å². The second-order valence-electron chi connectivity index (χ2n) is 5.57. The molecule has 0 fully saturated rings. The van der Waals surface area contributed by atoms with Crippen LogP contribution in [-0.2, 0) is 4.74 Å². The molecule has 5 heteroatoms. The molecule has 0 bridgehead atoms. The van der Waals surface area contributed by atoms with Gasteiger partial charge in [0.05, 0.1) is 11.8 Å². The van der Waals surface area contributed by atoms with Gasteiger partial charge in [-0.2, -0.15) is 0 Å². The van der Waals surface area contributed by atoms with Crippen LogP contribution in [0.25, 0.3) is 0 Å². The van der Waals surface area contributed by atoms with Crippen LogP contribution in [0.1, 0.15) is 52.4 Å². The first kappa shape index (κ1) is 15.0. The third-order valence-electron chi connectivity index (χ3n) is 3.99. The maximum Gasteiger partial charge on any atom is 0.339 e. The fourth-order valence-electron chi connectivity index (χ4n) is 2.93. The Morgan fingerprint density at radius 1 is 1.27 bits per heavy atom. The Morgan fingerprint density at radius 3 is 2.64 bits per heavy atom. The molecule has 2 aromatic rings. The van der Waals surface area contributed by atoms with Gasteiger partial charge in [0.15, 0.2) is 0 Å². The lowest BCUT2D eigenvalue weighted by molar-refractivity contribution is 0.0291. The molecule has 0 radical (unpaired) electrons. The molecule has 1 aromatic heterocycles. The van der Waals surface area contributed by atoms with E-state index in [2.05, 4.69) is 15.9 Å². The third kappa shape index (κ3) is 2.61.